The smallest absolute Gasteiger partial charge is 0.161 e. The van der Waals surface area contributed by atoms with Crippen LogP contribution in [0.15, 0.2) is 36.4 Å². The van der Waals surface area contributed by atoms with E-state index >= 15 is 0 Å². The molecule has 2 aromatic rings. The summed E-state index contributed by atoms with van der Waals surface area (Å²) < 4.78 is 40.2. The molecule has 20 heavy (non-hydrogen) atoms. The third kappa shape index (κ3) is 3.20. The van der Waals surface area contributed by atoms with E-state index in [1.54, 1.807) is 12.1 Å². The summed E-state index contributed by atoms with van der Waals surface area (Å²) in [6.45, 7) is 3.45. The first-order valence-corrected chi connectivity index (χ1v) is 6.57. The lowest BCUT2D eigenvalue weighted by Crippen LogP contribution is -2.14. The zero-order valence-corrected chi connectivity index (χ0v) is 11.2. The van der Waals surface area contributed by atoms with E-state index in [1.807, 2.05) is 19.1 Å². The summed E-state index contributed by atoms with van der Waals surface area (Å²) in [6, 6.07) is 8.63. The fourth-order valence-corrected chi connectivity index (χ4v) is 2.07. The van der Waals surface area contributed by atoms with E-state index in [9.17, 15) is 13.2 Å². The number of hydrogen-bond donors (Lipinski definition) is 1. The quantitative estimate of drug-likeness (QED) is 0.636. The molecule has 0 aromatic heterocycles. The Bertz CT molecular complexity index is 596. The summed E-state index contributed by atoms with van der Waals surface area (Å²) in [6.07, 6.45) is 0.988. The molecule has 0 saturated heterocycles. The van der Waals surface area contributed by atoms with Gasteiger partial charge in [-0.2, -0.15) is 0 Å². The second-order valence-corrected chi connectivity index (χ2v) is 4.58. The SMILES string of the molecule is CCCNCc1ccccc1-c1cc(F)c(F)cc1F. The predicted octanol–water partition coefficient (Wildman–Crippen LogP) is 4.27. The molecule has 2 rings (SSSR count). The molecule has 0 fully saturated rings. The molecule has 0 amide bonds. The zero-order chi connectivity index (χ0) is 14.5. The lowest BCUT2D eigenvalue weighted by Gasteiger charge is -2.11. The first-order valence-electron chi connectivity index (χ1n) is 6.57. The Balaban J connectivity index is 2.39. The minimum absolute atomic E-state index is 0.0813. The molecule has 0 bridgehead atoms. The van der Waals surface area contributed by atoms with Gasteiger partial charge >= 0.3 is 0 Å². The summed E-state index contributed by atoms with van der Waals surface area (Å²) in [5, 5.41) is 3.22. The van der Waals surface area contributed by atoms with E-state index in [2.05, 4.69) is 5.32 Å². The maximum absolute atomic E-state index is 13.9. The summed E-state index contributed by atoms with van der Waals surface area (Å²) >= 11 is 0. The first kappa shape index (κ1) is 14.6. The van der Waals surface area contributed by atoms with Gasteiger partial charge in [-0.05, 0) is 30.2 Å². The Hall–Kier alpha value is -1.81. The highest BCUT2D eigenvalue weighted by Gasteiger charge is 2.13. The molecule has 1 N–H and O–H groups in total. The van der Waals surface area contributed by atoms with Crippen molar-refractivity contribution in [3.63, 3.8) is 0 Å². The van der Waals surface area contributed by atoms with Crippen molar-refractivity contribution in [3.05, 3.63) is 59.4 Å². The predicted molar refractivity (Wildman–Crippen MR) is 73.7 cm³/mol. The van der Waals surface area contributed by atoms with E-state index in [-0.39, 0.29) is 5.56 Å². The van der Waals surface area contributed by atoms with Gasteiger partial charge < -0.3 is 5.32 Å². The van der Waals surface area contributed by atoms with Crippen LogP contribution in [0, 0.1) is 17.5 Å². The van der Waals surface area contributed by atoms with Gasteiger partial charge in [0.25, 0.3) is 0 Å². The monoisotopic (exact) mass is 279 g/mol. The summed E-state index contributed by atoms with van der Waals surface area (Å²) in [5.41, 5.74) is 1.51. The highest BCUT2D eigenvalue weighted by molar-refractivity contribution is 5.68. The van der Waals surface area contributed by atoms with Crippen LogP contribution >= 0.6 is 0 Å². The Morgan fingerprint density at radius 1 is 0.900 bits per heavy atom. The molecule has 0 unspecified atom stereocenters. The first-order chi connectivity index (χ1) is 9.63. The van der Waals surface area contributed by atoms with Crippen molar-refractivity contribution >= 4 is 0 Å². The third-order valence-electron chi connectivity index (χ3n) is 3.06. The highest BCUT2D eigenvalue weighted by Crippen LogP contribution is 2.28. The van der Waals surface area contributed by atoms with Crippen molar-refractivity contribution in [2.75, 3.05) is 6.54 Å². The summed E-state index contributed by atoms with van der Waals surface area (Å²) in [5.74, 6) is -2.97. The fraction of sp³-hybridized carbons (Fsp3) is 0.250. The molecule has 0 aliphatic carbocycles. The van der Waals surface area contributed by atoms with E-state index in [0.717, 1.165) is 24.6 Å². The lowest BCUT2D eigenvalue weighted by molar-refractivity contribution is 0.496. The maximum atomic E-state index is 13.9. The number of halogens is 3. The van der Waals surface area contributed by atoms with Crippen LogP contribution in [-0.2, 0) is 6.54 Å². The maximum Gasteiger partial charge on any atom is 0.161 e. The van der Waals surface area contributed by atoms with Crippen molar-refractivity contribution in [1.29, 1.82) is 0 Å². The van der Waals surface area contributed by atoms with Crippen LogP contribution in [0.2, 0.25) is 0 Å². The summed E-state index contributed by atoms with van der Waals surface area (Å²) in [7, 11) is 0. The van der Waals surface area contributed by atoms with Crippen molar-refractivity contribution in [1.82, 2.24) is 5.32 Å². The molecule has 0 saturated carbocycles. The molecule has 4 heteroatoms. The largest absolute Gasteiger partial charge is 0.313 e. The number of hydrogen-bond acceptors (Lipinski definition) is 1. The van der Waals surface area contributed by atoms with Crippen molar-refractivity contribution in [2.24, 2.45) is 0 Å². The van der Waals surface area contributed by atoms with Gasteiger partial charge in [0.1, 0.15) is 5.82 Å². The van der Waals surface area contributed by atoms with Crippen LogP contribution in [0.5, 0.6) is 0 Å². The van der Waals surface area contributed by atoms with Crippen LogP contribution in [0.3, 0.4) is 0 Å². The minimum Gasteiger partial charge on any atom is -0.313 e. The van der Waals surface area contributed by atoms with E-state index < -0.39 is 17.5 Å². The van der Waals surface area contributed by atoms with Gasteiger partial charge in [-0.15, -0.1) is 0 Å². The number of benzene rings is 2. The average Bonchev–Trinajstić information content (AvgIpc) is 2.44. The number of rotatable bonds is 5. The molecule has 106 valence electrons. The molecule has 2 aromatic carbocycles. The third-order valence-corrected chi connectivity index (χ3v) is 3.06. The van der Waals surface area contributed by atoms with Crippen molar-refractivity contribution < 1.29 is 13.2 Å². The molecule has 0 aliphatic heterocycles. The van der Waals surface area contributed by atoms with Crippen LogP contribution in [-0.4, -0.2) is 6.54 Å². The second-order valence-electron chi connectivity index (χ2n) is 4.58. The topological polar surface area (TPSA) is 12.0 Å². The van der Waals surface area contributed by atoms with Gasteiger partial charge in [-0.1, -0.05) is 31.2 Å². The Labute approximate surface area is 116 Å². The standard InChI is InChI=1S/C16H16F3N/c1-2-7-20-10-11-5-3-4-6-12(11)13-8-15(18)16(19)9-14(13)17/h3-6,8-9,20H,2,7,10H2,1H3. The van der Waals surface area contributed by atoms with Crippen LogP contribution in [0.25, 0.3) is 11.1 Å². The Kier molecular flexibility index (Phi) is 4.79. The van der Waals surface area contributed by atoms with E-state index in [0.29, 0.717) is 18.2 Å². The van der Waals surface area contributed by atoms with Crippen LogP contribution in [0.4, 0.5) is 13.2 Å². The molecular weight excluding hydrogens is 263 g/mol. The molecule has 0 heterocycles. The van der Waals surface area contributed by atoms with Crippen molar-refractivity contribution in [2.45, 2.75) is 19.9 Å². The average molecular weight is 279 g/mol. The molecule has 0 aliphatic rings. The highest BCUT2D eigenvalue weighted by atomic mass is 19.2. The number of nitrogens with one attached hydrogen (secondary N) is 1. The van der Waals surface area contributed by atoms with Crippen LogP contribution < -0.4 is 5.32 Å². The molecular formula is C16H16F3N. The normalized spacial score (nSPS) is 10.8. The minimum atomic E-state index is -1.17. The zero-order valence-electron chi connectivity index (χ0n) is 11.2. The van der Waals surface area contributed by atoms with Crippen molar-refractivity contribution in [3.8, 4) is 11.1 Å². The molecule has 0 spiro atoms. The van der Waals surface area contributed by atoms with Gasteiger partial charge in [0.2, 0.25) is 0 Å². The van der Waals surface area contributed by atoms with Gasteiger partial charge in [-0.25, -0.2) is 13.2 Å². The van der Waals surface area contributed by atoms with E-state index in [4.69, 9.17) is 0 Å². The lowest BCUT2D eigenvalue weighted by atomic mass is 9.99. The fourth-order valence-electron chi connectivity index (χ4n) is 2.07. The van der Waals surface area contributed by atoms with Crippen LogP contribution in [0.1, 0.15) is 18.9 Å². The van der Waals surface area contributed by atoms with Gasteiger partial charge in [0.05, 0.1) is 0 Å². The molecule has 1 nitrogen and oxygen atoms in total. The van der Waals surface area contributed by atoms with Gasteiger partial charge in [0.15, 0.2) is 11.6 Å². The molecule has 0 atom stereocenters. The van der Waals surface area contributed by atoms with Gasteiger partial charge in [-0.3, -0.25) is 0 Å². The molecule has 0 radical (unpaired) electrons. The second kappa shape index (κ2) is 6.57. The van der Waals surface area contributed by atoms with E-state index in [1.165, 1.54) is 0 Å². The Morgan fingerprint density at radius 3 is 2.35 bits per heavy atom. The van der Waals surface area contributed by atoms with Gasteiger partial charge in [0, 0.05) is 18.2 Å². The Morgan fingerprint density at radius 2 is 1.60 bits per heavy atom. The summed E-state index contributed by atoms with van der Waals surface area (Å²) in [4.78, 5) is 0.